The van der Waals surface area contributed by atoms with E-state index in [1.165, 1.54) is 0 Å². The molecular formula is C15H27N3O2. The molecule has 0 radical (unpaired) electrons. The number of pyridine rings is 1. The van der Waals surface area contributed by atoms with Gasteiger partial charge in [-0.25, -0.2) is 0 Å². The van der Waals surface area contributed by atoms with E-state index < -0.39 is 0 Å². The van der Waals surface area contributed by atoms with E-state index in [4.69, 9.17) is 9.47 Å². The summed E-state index contributed by atoms with van der Waals surface area (Å²) in [6.07, 6.45) is 1.98. The van der Waals surface area contributed by atoms with Gasteiger partial charge in [0.15, 0.2) is 0 Å². The van der Waals surface area contributed by atoms with Crippen LogP contribution in [0, 0.1) is 0 Å². The van der Waals surface area contributed by atoms with Crippen molar-refractivity contribution in [3.05, 3.63) is 18.2 Å². The minimum Gasteiger partial charge on any atom is -0.478 e. The predicted molar refractivity (Wildman–Crippen MR) is 81.6 cm³/mol. The second-order valence-electron chi connectivity index (χ2n) is 5.32. The average Bonchev–Trinajstić information content (AvgIpc) is 2.40. The van der Waals surface area contributed by atoms with E-state index in [2.05, 4.69) is 43.0 Å². The van der Waals surface area contributed by atoms with Crippen LogP contribution in [0.5, 0.6) is 11.8 Å². The fourth-order valence-corrected chi connectivity index (χ4v) is 1.67. The van der Waals surface area contributed by atoms with Crippen molar-refractivity contribution in [1.82, 2.24) is 14.8 Å². The zero-order valence-electron chi connectivity index (χ0n) is 13.1. The molecule has 0 spiro atoms. The molecule has 5 heteroatoms. The third-order valence-corrected chi connectivity index (χ3v) is 2.70. The Morgan fingerprint density at radius 3 is 1.70 bits per heavy atom. The maximum absolute atomic E-state index is 5.62. The summed E-state index contributed by atoms with van der Waals surface area (Å²) in [7, 11) is 8.22. The van der Waals surface area contributed by atoms with Crippen LogP contribution < -0.4 is 9.47 Å². The van der Waals surface area contributed by atoms with Crippen molar-refractivity contribution in [2.75, 3.05) is 54.5 Å². The Balaban J connectivity index is 2.26. The molecule has 1 rings (SSSR count). The molecule has 114 valence electrons. The zero-order valence-corrected chi connectivity index (χ0v) is 13.1. The molecule has 0 N–H and O–H groups in total. The van der Waals surface area contributed by atoms with Gasteiger partial charge in [0.05, 0.1) is 13.2 Å². The van der Waals surface area contributed by atoms with Gasteiger partial charge in [0.25, 0.3) is 0 Å². The Hall–Kier alpha value is -1.33. The normalized spacial score (nSPS) is 11.1. The van der Waals surface area contributed by atoms with Gasteiger partial charge in [0.1, 0.15) is 0 Å². The van der Waals surface area contributed by atoms with Gasteiger partial charge in [-0.05, 0) is 41.0 Å². The summed E-state index contributed by atoms with van der Waals surface area (Å²) in [5.74, 6) is 1.27. The molecule has 0 aliphatic heterocycles. The van der Waals surface area contributed by atoms with Gasteiger partial charge in [0.2, 0.25) is 11.8 Å². The minimum absolute atomic E-state index is 0.633. The molecule has 0 aromatic carbocycles. The van der Waals surface area contributed by atoms with Gasteiger partial charge < -0.3 is 19.3 Å². The van der Waals surface area contributed by atoms with E-state index in [9.17, 15) is 0 Å². The van der Waals surface area contributed by atoms with Crippen LogP contribution >= 0.6 is 0 Å². The van der Waals surface area contributed by atoms with Gasteiger partial charge in [-0.2, -0.15) is 4.98 Å². The summed E-state index contributed by atoms with van der Waals surface area (Å²) in [5.41, 5.74) is 0. The van der Waals surface area contributed by atoms with Crippen LogP contribution in [-0.2, 0) is 0 Å². The lowest BCUT2D eigenvalue weighted by molar-refractivity contribution is 0.254. The Morgan fingerprint density at radius 2 is 1.30 bits per heavy atom. The van der Waals surface area contributed by atoms with E-state index in [1.54, 1.807) is 0 Å². The number of nitrogens with zero attached hydrogens (tertiary/aromatic N) is 3. The molecule has 1 aromatic rings. The smallest absolute Gasteiger partial charge is 0.216 e. The second kappa shape index (κ2) is 9.55. The molecular weight excluding hydrogens is 254 g/mol. The summed E-state index contributed by atoms with van der Waals surface area (Å²) >= 11 is 0. The van der Waals surface area contributed by atoms with Crippen LogP contribution in [0.2, 0.25) is 0 Å². The van der Waals surface area contributed by atoms with Crippen molar-refractivity contribution < 1.29 is 9.47 Å². The topological polar surface area (TPSA) is 37.8 Å². The lowest BCUT2D eigenvalue weighted by Gasteiger charge is -2.11. The van der Waals surface area contributed by atoms with E-state index in [1.807, 2.05) is 18.2 Å². The molecule has 0 aliphatic carbocycles. The van der Waals surface area contributed by atoms with Crippen LogP contribution in [0.3, 0.4) is 0 Å². The summed E-state index contributed by atoms with van der Waals surface area (Å²) in [5, 5.41) is 0. The highest BCUT2D eigenvalue weighted by molar-refractivity contribution is 5.19. The maximum atomic E-state index is 5.62. The Labute approximate surface area is 122 Å². The van der Waals surface area contributed by atoms with Gasteiger partial charge in [-0.3, -0.25) is 0 Å². The van der Waals surface area contributed by atoms with Crippen molar-refractivity contribution in [2.45, 2.75) is 12.8 Å². The van der Waals surface area contributed by atoms with E-state index in [-0.39, 0.29) is 0 Å². The molecule has 0 aliphatic rings. The van der Waals surface area contributed by atoms with Crippen molar-refractivity contribution in [1.29, 1.82) is 0 Å². The lowest BCUT2D eigenvalue weighted by atomic mass is 10.4. The molecule has 1 aromatic heterocycles. The number of rotatable bonds is 10. The Morgan fingerprint density at radius 1 is 0.850 bits per heavy atom. The molecule has 0 saturated heterocycles. The maximum Gasteiger partial charge on any atom is 0.216 e. The van der Waals surface area contributed by atoms with Crippen LogP contribution in [0.15, 0.2) is 18.2 Å². The van der Waals surface area contributed by atoms with Crippen molar-refractivity contribution in [3.8, 4) is 11.8 Å². The Bertz CT molecular complexity index is 339. The predicted octanol–water partition coefficient (Wildman–Crippen LogP) is 1.74. The monoisotopic (exact) mass is 281 g/mol. The Kier molecular flexibility index (Phi) is 7.99. The highest BCUT2D eigenvalue weighted by atomic mass is 16.5. The minimum atomic E-state index is 0.633. The van der Waals surface area contributed by atoms with Crippen molar-refractivity contribution >= 4 is 0 Å². The van der Waals surface area contributed by atoms with Gasteiger partial charge in [-0.1, -0.05) is 6.07 Å². The molecule has 20 heavy (non-hydrogen) atoms. The van der Waals surface area contributed by atoms with Gasteiger partial charge >= 0.3 is 0 Å². The van der Waals surface area contributed by atoms with Gasteiger partial charge in [0, 0.05) is 25.2 Å². The van der Waals surface area contributed by atoms with Gasteiger partial charge in [-0.15, -0.1) is 0 Å². The van der Waals surface area contributed by atoms with Crippen LogP contribution in [0.4, 0.5) is 0 Å². The molecule has 0 amide bonds. The number of hydrogen-bond acceptors (Lipinski definition) is 5. The third-order valence-electron chi connectivity index (χ3n) is 2.70. The highest BCUT2D eigenvalue weighted by Crippen LogP contribution is 2.13. The zero-order chi connectivity index (χ0) is 14.8. The van der Waals surface area contributed by atoms with Crippen LogP contribution in [0.1, 0.15) is 12.8 Å². The number of ether oxygens (including phenoxy) is 2. The molecule has 1 heterocycles. The number of aromatic nitrogens is 1. The highest BCUT2D eigenvalue weighted by Gasteiger charge is 2.00. The van der Waals surface area contributed by atoms with E-state index in [0.29, 0.717) is 25.0 Å². The number of hydrogen-bond donors (Lipinski definition) is 0. The second-order valence-corrected chi connectivity index (χ2v) is 5.32. The first-order valence-electron chi connectivity index (χ1n) is 7.10. The molecule has 5 nitrogen and oxygen atoms in total. The summed E-state index contributed by atoms with van der Waals surface area (Å²) in [6.45, 7) is 3.38. The summed E-state index contributed by atoms with van der Waals surface area (Å²) in [6, 6.07) is 5.64. The first kappa shape index (κ1) is 16.7. The third kappa shape index (κ3) is 7.96. The molecule has 0 unspecified atom stereocenters. The SMILES string of the molecule is CN(C)CCCOc1cccc(OCCCN(C)C)n1. The van der Waals surface area contributed by atoms with Crippen molar-refractivity contribution in [3.63, 3.8) is 0 Å². The van der Waals surface area contributed by atoms with E-state index >= 15 is 0 Å². The van der Waals surface area contributed by atoms with Crippen LogP contribution in [-0.4, -0.2) is 69.3 Å². The van der Waals surface area contributed by atoms with E-state index in [0.717, 1.165) is 25.9 Å². The fraction of sp³-hybridized carbons (Fsp3) is 0.667. The first-order chi connectivity index (χ1) is 9.58. The first-order valence-corrected chi connectivity index (χ1v) is 7.10. The fourth-order valence-electron chi connectivity index (χ4n) is 1.67. The summed E-state index contributed by atoms with van der Waals surface area (Å²) in [4.78, 5) is 8.61. The van der Waals surface area contributed by atoms with Crippen molar-refractivity contribution in [2.24, 2.45) is 0 Å². The molecule has 0 fully saturated rings. The molecule has 0 saturated carbocycles. The van der Waals surface area contributed by atoms with Crippen LogP contribution in [0.25, 0.3) is 0 Å². The average molecular weight is 281 g/mol. The quantitative estimate of drug-likeness (QED) is 0.611. The molecule has 0 atom stereocenters. The lowest BCUT2D eigenvalue weighted by Crippen LogP contribution is -2.16. The standard InChI is InChI=1S/C15H27N3O2/c1-17(2)10-6-12-19-14-8-5-9-15(16-14)20-13-7-11-18(3)4/h5,8-9H,6-7,10-13H2,1-4H3. The summed E-state index contributed by atoms with van der Waals surface area (Å²) < 4.78 is 11.2. The molecule has 0 bridgehead atoms. The largest absolute Gasteiger partial charge is 0.478 e.